The van der Waals surface area contributed by atoms with Crippen molar-refractivity contribution in [3.05, 3.63) is 35.4 Å². The van der Waals surface area contributed by atoms with Crippen LogP contribution >= 0.6 is 0 Å². The van der Waals surface area contributed by atoms with E-state index in [0.717, 1.165) is 6.42 Å². The van der Waals surface area contributed by atoms with Gasteiger partial charge in [0.25, 0.3) is 0 Å². The summed E-state index contributed by atoms with van der Waals surface area (Å²) in [6.07, 6.45) is 1.11. The van der Waals surface area contributed by atoms with Gasteiger partial charge in [-0.25, -0.2) is 0 Å². The van der Waals surface area contributed by atoms with E-state index in [4.69, 9.17) is 4.74 Å². The van der Waals surface area contributed by atoms with Gasteiger partial charge in [-0.1, -0.05) is 45.0 Å². The molecule has 0 saturated heterocycles. The maximum Gasteiger partial charge on any atom is 0.320 e. The molecule has 0 bridgehead atoms. The lowest BCUT2D eigenvalue weighted by molar-refractivity contribution is -0.153. The van der Waals surface area contributed by atoms with Crippen molar-refractivity contribution in [2.75, 3.05) is 6.54 Å². The van der Waals surface area contributed by atoms with Crippen LogP contribution in [0.3, 0.4) is 0 Å². The van der Waals surface area contributed by atoms with Gasteiger partial charge in [0.2, 0.25) is 0 Å². The minimum atomic E-state index is -0.424. The lowest BCUT2D eigenvalue weighted by Gasteiger charge is -2.23. The largest absolute Gasteiger partial charge is 0.459 e. The van der Waals surface area contributed by atoms with Crippen LogP contribution in [0.15, 0.2) is 24.3 Å². The average Bonchev–Trinajstić information content (AvgIpc) is 2.37. The molecule has 0 heterocycles. The molecule has 0 saturated carbocycles. The van der Waals surface area contributed by atoms with E-state index in [1.54, 1.807) is 0 Å². The molecular formula is C18H29NO2. The van der Waals surface area contributed by atoms with E-state index in [1.807, 2.05) is 20.8 Å². The molecule has 1 aromatic carbocycles. The lowest BCUT2D eigenvalue weighted by atomic mass is 9.82. The molecule has 0 unspecified atom stereocenters. The summed E-state index contributed by atoms with van der Waals surface area (Å²) in [5, 5.41) is 3.12. The summed E-state index contributed by atoms with van der Waals surface area (Å²) in [6.45, 7) is 13.2. The van der Waals surface area contributed by atoms with Crippen molar-refractivity contribution < 1.29 is 9.53 Å². The number of nitrogens with one attached hydrogen (secondary N) is 1. The van der Waals surface area contributed by atoms with Crippen LogP contribution < -0.4 is 5.32 Å². The van der Waals surface area contributed by atoms with Crippen molar-refractivity contribution in [1.82, 2.24) is 5.32 Å². The number of esters is 1. The van der Waals surface area contributed by atoms with Crippen LogP contribution in [0.1, 0.15) is 59.1 Å². The van der Waals surface area contributed by atoms with E-state index >= 15 is 0 Å². The first-order valence-corrected chi connectivity index (χ1v) is 7.66. The van der Waals surface area contributed by atoms with Gasteiger partial charge in [0.15, 0.2) is 0 Å². The van der Waals surface area contributed by atoms with Crippen molar-refractivity contribution in [1.29, 1.82) is 0 Å². The highest BCUT2D eigenvalue weighted by Crippen LogP contribution is 2.26. The van der Waals surface area contributed by atoms with Crippen molar-refractivity contribution in [2.45, 2.75) is 65.5 Å². The predicted octanol–water partition coefficient (Wildman–Crippen LogP) is 3.81. The number of rotatable bonds is 6. The molecular weight excluding hydrogens is 262 g/mol. The van der Waals surface area contributed by atoms with Crippen LogP contribution in [0.25, 0.3) is 0 Å². The fraction of sp³-hybridized carbons (Fsp3) is 0.611. The van der Waals surface area contributed by atoms with Crippen LogP contribution in [0, 0.1) is 0 Å². The number of carbonyl (C=O) groups is 1. The Kier molecular flexibility index (Phi) is 5.97. The number of hydrogen-bond donors (Lipinski definition) is 1. The molecule has 0 aliphatic carbocycles. The Bertz CT molecular complexity index is 455. The van der Waals surface area contributed by atoms with Crippen LogP contribution in [0.5, 0.6) is 0 Å². The van der Waals surface area contributed by atoms with Crippen LogP contribution in [0.4, 0.5) is 0 Å². The zero-order valence-corrected chi connectivity index (χ0v) is 14.2. The molecule has 1 rings (SSSR count). The molecule has 3 heteroatoms. The van der Waals surface area contributed by atoms with Crippen molar-refractivity contribution in [2.24, 2.45) is 0 Å². The Morgan fingerprint density at radius 3 is 2.14 bits per heavy atom. The molecule has 0 aliphatic heterocycles. The fourth-order valence-corrected chi connectivity index (χ4v) is 1.96. The fourth-order valence-electron chi connectivity index (χ4n) is 1.96. The van der Waals surface area contributed by atoms with E-state index in [1.165, 1.54) is 11.1 Å². The first-order chi connectivity index (χ1) is 9.64. The van der Waals surface area contributed by atoms with Crippen molar-refractivity contribution in [3.63, 3.8) is 0 Å². The van der Waals surface area contributed by atoms with Gasteiger partial charge < -0.3 is 10.1 Å². The van der Waals surface area contributed by atoms with Gasteiger partial charge in [0.05, 0.1) is 6.54 Å². The average molecular weight is 291 g/mol. The Morgan fingerprint density at radius 1 is 1.10 bits per heavy atom. The molecule has 0 amide bonds. The monoisotopic (exact) mass is 291 g/mol. The van der Waals surface area contributed by atoms with Crippen LogP contribution in [0.2, 0.25) is 0 Å². The molecule has 3 nitrogen and oxygen atoms in total. The molecule has 21 heavy (non-hydrogen) atoms. The molecule has 0 aliphatic rings. The molecule has 1 aromatic rings. The summed E-state index contributed by atoms with van der Waals surface area (Å²) in [6, 6.07) is 8.59. The second kappa shape index (κ2) is 7.08. The van der Waals surface area contributed by atoms with Gasteiger partial charge in [-0.3, -0.25) is 4.79 Å². The molecule has 1 N–H and O–H groups in total. The van der Waals surface area contributed by atoms with E-state index in [0.29, 0.717) is 6.54 Å². The third-order valence-electron chi connectivity index (χ3n) is 3.64. The highest BCUT2D eigenvalue weighted by Gasteiger charge is 2.17. The van der Waals surface area contributed by atoms with Gasteiger partial charge in [-0.05, 0) is 43.7 Å². The van der Waals surface area contributed by atoms with Crippen molar-refractivity contribution >= 4 is 5.97 Å². The normalized spacial score (nSPS) is 12.3. The summed E-state index contributed by atoms with van der Waals surface area (Å²) in [5.41, 5.74) is 2.31. The van der Waals surface area contributed by atoms with Gasteiger partial charge in [-0.15, -0.1) is 0 Å². The first kappa shape index (κ1) is 17.7. The second-order valence-electron chi connectivity index (χ2n) is 7.12. The van der Waals surface area contributed by atoms with Crippen molar-refractivity contribution in [3.8, 4) is 0 Å². The minimum absolute atomic E-state index is 0.211. The molecule has 0 spiro atoms. The summed E-state index contributed by atoms with van der Waals surface area (Å²) in [7, 11) is 0. The predicted molar refractivity (Wildman–Crippen MR) is 87.3 cm³/mol. The molecule has 0 atom stereocenters. The maximum absolute atomic E-state index is 11.6. The summed E-state index contributed by atoms with van der Waals surface area (Å²) in [4.78, 5) is 11.6. The number of carbonyl (C=O) groups excluding carboxylic acids is 1. The van der Waals surface area contributed by atoms with Gasteiger partial charge >= 0.3 is 5.97 Å². The molecule has 118 valence electrons. The SMILES string of the molecule is CCC(C)(C)c1ccc(CNCC(=O)OC(C)(C)C)cc1. The van der Waals surface area contributed by atoms with Crippen LogP contribution in [-0.2, 0) is 21.5 Å². The zero-order valence-electron chi connectivity index (χ0n) is 14.2. The zero-order chi connectivity index (χ0) is 16.1. The van der Waals surface area contributed by atoms with E-state index in [-0.39, 0.29) is 17.9 Å². The Morgan fingerprint density at radius 2 is 1.67 bits per heavy atom. The number of ether oxygens (including phenoxy) is 1. The third-order valence-corrected chi connectivity index (χ3v) is 3.64. The van der Waals surface area contributed by atoms with Gasteiger partial charge in [0, 0.05) is 6.54 Å². The van der Waals surface area contributed by atoms with E-state index < -0.39 is 5.60 Å². The standard InChI is InChI=1S/C18H29NO2/c1-7-18(5,6)15-10-8-14(9-11-15)12-19-13-16(20)21-17(2,3)4/h8-11,19H,7,12-13H2,1-6H3. The smallest absolute Gasteiger partial charge is 0.320 e. The minimum Gasteiger partial charge on any atom is -0.459 e. The summed E-state index contributed by atoms with van der Waals surface area (Å²) < 4.78 is 5.25. The summed E-state index contributed by atoms with van der Waals surface area (Å²) >= 11 is 0. The Labute approximate surface area is 129 Å². The number of hydrogen-bond acceptors (Lipinski definition) is 3. The van der Waals surface area contributed by atoms with E-state index in [2.05, 4.69) is 50.4 Å². The Balaban J connectivity index is 2.45. The number of benzene rings is 1. The first-order valence-electron chi connectivity index (χ1n) is 7.66. The topological polar surface area (TPSA) is 38.3 Å². The van der Waals surface area contributed by atoms with Crippen LogP contribution in [-0.4, -0.2) is 18.1 Å². The molecule has 0 radical (unpaired) electrons. The van der Waals surface area contributed by atoms with Gasteiger partial charge in [0.1, 0.15) is 5.60 Å². The third kappa shape index (κ3) is 6.30. The quantitative estimate of drug-likeness (QED) is 0.810. The highest BCUT2D eigenvalue weighted by atomic mass is 16.6. The van der Waals surface area contributed by atoms with Gasteiger partial charge in [-0.2, -0.15) is 0 Å². The second-order valence-corrected chi connectivity index (χ2v) is 7.12. The Hall–Kier alpha value is -1.35. The molecule has 0 fully saturated rings. The maximum atomic E-state index is 11.6. The summed E-state index contributed by atoms with van der Waals surface area (Å²) in [5.74, 6) is -0.216. The van der Waals surface area contributed by atoms with E-state index in [9.17, 15) is 4.79 Å². The lowest BCUT2D eigenvalue weighted by Crippen LogP contribution is -2.31. The highest BCUT2D eigenvalue weighted by molar-refractivity contribution is 5.72. The molecule has 0 aromatic heterocycles.